The zero-order valence-electron chi connectivity index (χ0n) is 15.7. The van der Waals surface area contributed by atoms with Gasteiger partial charge in [0.15, 0.2) is 0 Å². The third-order valence-corrected chi connectivity index (χ3v) is 6.49. The van der Waals surface area contributed by atoms with Gasteiger partial charge in [-0.25, -0.2) is 13.1 Å². The van der Waals surface area contributed by atoms with Crippen LogP contribution in [0.1, 0.15) is 11.1 Å². The number of nitrogens with zero attached hydrogens (tertiary/aromatic N) is 2. The Bertz CT molecular complexity index is 1300. The van der Waals surface area contributed by atoms with Gasteiger partial charge >= 0.3 is 0 Å². The summed E-state index contributed by atoms with van der Waals surface area (Å²) in [6.45, 7) is 0.363. The highest BCUT2D eigenvalue weighted by Gasteiger charge is 2.17. The van der Waals surface area contributed by atoms with Gasteiger partial charge in [-0.15, -0.1) is 11.3 Å². The fourth-order valence-electron chi connectivity index (χ4n) is 3.20. The first-order chi connectivity index (χ1) is 14.5. The fourth-order valence-corrected chi connectivity index (χ4v) is 4.80. The zero-order chi connectivity index (χ0) is 21.1. The molecule has 0 amide bonds. The molecule has 30 heavy (non-hydrogen) atoms. The van der Waals surface area contributed by atoms with Crippen molar-refractivity contribution in [1.29, 1.82) is 0 Å². The number of hydrogen-bond donors (Lipinski definition) is 1. The minimum atomic E-state index is -2.49. The summed E-state index contributed by atoms with van der Waals surface area (Å²) >= 11 is 7.47. The number of halogens is 1. The van der Waals surface area contributed by atoms with E-state index in [1.54, 1.807) is 24.4 Å². The quantitative estimate of drug-likeness (QED) is 0.435. The van der Waals surface area contributed by atoms with E-state index in [9.17, 15) is 13.2 Å². The van der Waals surface area contributed by atoms with E-state index in [1.807, 2.05) is 48.5 Å². The van der Waals surface area contributed by atoms with Crippen LogP contribution in [-0.4, -0.2) is 18.2 Å². The van der Waals surface area contributed by atoms with Crippen molar-refractivity contribution >= 4 is 33.6 Å². The number of thiol groups is 1. The number of aromatic nitrogens is 2. The predicted octanol–water partition coefficient (Wildman–Crippen LogP) is 4.45. The molecule has 0 atom stereocenters. The molecule has 0 saturated carbocycles. The molecule has 2 aromatic carbocycles. The lowest BCUT2D eigenvalue weighted by molar-refractivity contribution is 0.614. The first-order valence-corrected chi connectivity index (χ1v) is 11.7. The summed E-state index contributed by atoms with van der Waals surface area (Å²) in [5.74, 6) is -0.0140. The van der Waals surface area contributed by atoms with Crippen molar-refractivity contribution in [2.45, 2.75) is 12.3 Å². The van der Waals surface area contributed by atoms with E-state index in [1.165, 1.54) is 16.0 Å². The third-order valence-electron chi connectivity index (χ3n) is 4.62. The van der Waals surface area contributed by atoms with Gasteiger partial charge in [-0.2, -0.15) is 5.10 Å². The van der Waals surface area contributed by atoms with Gasteiger partial charge in [-0.3, -0.25) is 4.79 Å². The second kappa shape index (κ2) is 8.95. The summed E-state index contributed by atoms with van der Waals surface area (Å²) in [5.41, 5.74) is 3.46. The predicted molar refractivity (Wildman–Crippen MR) is 122 cm³/mol. The molecule has 0 bridgehead atoms. The molecule has 0 unspecified atom stereocenters. The highest BCUT2D eigenvalue weighted by atomic mass is 35.5. The van der Waals surface area contributed by atoms with E-state index >= 15 is 0 Å². The molecule has 0 fully saturated rings. The van der Waals surface area contributed by atoms with Gasteiger partial charge in [-0.1, -0.05) is 66.2 Å². The van der Waals surface area contributed by atoms with Gasteiger partial charge in [0.1, 0.15) is 10.7 Å². The normalized spacial score (nSPS) is 11.1. The SMILES string of the molecule is O=c1c(-c2ccc(Cl)s2)c(-c2ccc(C[SH](=O)=O)cc2)cnn1Cc1ccccc1. The van der Waals surface area contributed by atoms with Crippen LogP contribution in [0, 0.1) is 0 Å². The van der Waals surface area contributed by atoms with Crippen molar-refractivity contribution in [2.75, 3.05) is 0 Å². The third kappa shape index (κ3) is 4.53. The molecule has 4 aromatic rings. The van der Waals surface area contributed by atoms with Crippen LogP contribution in [0.5, 0.6) is 0 Å². The van der Waals surface area contributed by atoms with Crippen LogP contribution >= 0.6 is 22.9 Å². The zero-order valence-corrected chi connectivity index (χ0v) is 18.2. The molecule has 0 N–H and O–H groups in total. The van der Waals surface area contributed by atoms with E-state index in [0.717, 1.165) is 16.0 Å². The van der Waals surface area contributed by atoms with Gasteiger partial charge in [-0.05, 0) is 28.8 Å². The number of thiophene rings is 1. The summed E-state index contributed by atoms with van der Waals surface area (Å²) < 4.78 is 24.0. The van der Waals surface area contributed by atoms with Crippen LogP contribution in [0.15, 0.2) is 77.7 Å². The van der Waals surface area contributed by atoms with Crippen LogP contribution in [0.3, 0.4) is 0 Å². The maximum atomic E-state index is 13.4. The average molecular weight is 457 g/mol. The lowest BCUT2D eigenvalue weighted by Gasteiger charge is -2.12. The van der Waals surface area contributed by atoms with Gasteiger partial charge in [0.05, 0.1) is 28.4 Å². The monoisotopic (exact) mass is 456 g/mol. The summed E-state index contributed by atoms with van der Waals surface area (Å²) in [5, 5.41) is 4.39. The van der Waals surface area contributed by atoms with E-state index in [4.69, 9.17) is 11.6 Å². The van der Waals surface area contributed by atoms with Crippen LogP contribution < -0.4 is 5.56 Å². The summed E-state index contributed by atoms with van der Waals surface area (Å²) in [6.07, 6.45) is 1.68. The number of rotatable bonds is 6. The molecule has 2 heterocycles. The fraction of sp³-hybridized carbons (Fsp3) is 0.0909. The summed E-state index contributed by atoms with van der Waals surface area (Å²) in [4.78, 5) is 14.1. The van der Waals surface area contributed by atoms with Crippen molar-refractivity contribution in [3.05, 3.63) is 98.7 Å². The van der Waals surface area contributed by atoms with Crippen molar-refractivity contribution in [3.63, 3.8) is 0 Å². The lowest BCUT2D eigenvalue weighted by Crippen LogP contribution is -2.25. The summed E-state index contributed by atoms with van der Waals surface area (Å²) in [6, 6.07) is 20.4. The van der Waals surface area contributed by atoms with Crippen LogP contribution in [-0.2, 0) is 23.0 Å². The summed E-state index contributed by atoms with van der Waals surface area (Å²) in [7, 11) is -2.49. The first kappa shape index (κ1) is 20.5. The minimum Gasteiger partial charge on any atom is -0.267 e. The lowest BCUT2D eigenvalue weighted by atomic mass is 10.0. The number of benzene rings is 2. The second-order valence-electron chi connectivity index (χ2n) is 6.67. The Labute approximate surface area is 184 Å². The molecule has 0 aliphatic heterocycles. The molecule has 152 valence electrons. The van der Waals surface area contributed by atoms with Crippen LogP contribution in [0.2, 0.25) is 4.34 Å². The molecule has 5 nitrogen and oxygen atoms in total. The van der Waals surface area contributed by atoms with Crippen molar-refractivity contribution < 1.29 is 8.42 Å². The maximum Gasteiger partial charge on any atom is 0.276 e. The van der Waals surface area contributed by atoms with Gasteiger partial charge < -0.3 is 0 Å². The molecule has 8 heteroatoms. The smallest absolute Gasteiger partial charge is 0.267 e. The van der Waals surface area contributed by atoms with E-state index in [-0.39, 0.29) is 11.3 Å². The molecule has 0 aliphatic carbocycles. The Hall–Kier alpha value is -2.74. The van der Waals surface area contributed by atoms with Gasteiger partial charge in [0, 0.05) is 10.4 Å². The standard InChI is InChI=1S/C22H17ClN2O3S2/c23-20-11-10-19(29-20)21-18(17-8-6-16(7-9-17)14-30(27)28)12-24-25(22(21)26)13-15-4-2-1-3-5-15/h1-12,30H,13-14H2. The van der Waals surface area contributed by atoms with Crippen molar-refractivity contribution in [2.24, 2.45) is 0 Å². The molecule has 0 spiro atoms. The van der Waals surface area contributed by atoms with E-state index < -0.39 is 10.7 Å². The Morgan fingerprint density at radius 1 is 0.933 bits per heavy atom. The molecular formula is C22H17ClN2O3S2. The minimum absolute atomic E-state index is 0.0140. The van der Waals surface area contributed by atoms with Crippen molar-refractivity contribution in [1.82, 2.24) is 9.78 Å². The van der Waals surface area contributed by atoms with Crippen molar-refractivity contribution in [3.8, 4) is 21.6 Å². The molecule has 0 saturated heterocycles. The van der Waals surface area contributed by atoms with Gasteiger partial charge in [0.2, 0.25) is 0 Å². The van der Waals surface area contributed by atoms with Crippen LogP contribution in [0.25, 0.3) is 21.6 Å². The molecule has 0 aliphatic rings. The Morgan fingerprint density at radius 3 is 2.30 bits per heavy atom. The Kier molecular flexibility index (Phi) is 6.13. The number of hydrogen-bond acceptors (Lipinski definition) is 5. The largest absolute Gasteiger partial charge is 0.276 e. The van der Waals surface area contributed by atoms with Gasteiger partial charge in [0.25, 0.3) is 5.56 Å². The highest BCUT2D eigenvalue weighted by molar-refractivity contribution is 7.71. The van der Waals surface area contributed by atoms with E-state index in [2.05, 4.69) is 5.10 Å². The molecule has 2 aromatic heterocycles. The highest BCUT2D eigenvalue weighted by Crippen LogP contribution is 2.35. The molecule has 4 rings (SSSR count). The topological polar surface area (TPSA) is 69.0 Å². The average Bonchev–Trinajstić information content (AvgIpc) is 3.16. The second-order valence-corrected chi connectivity index (χ2v) is 9.37. The molecule has 0 radical (unpaired) electrons. The Balaban J connectivity index is 1.82. The molecular weight excluding hydrogens is 440 g/mol. The first-order valence-electron chi connectivity index (χ1n) is 9.12. The maximum absolute atomic E-state index is 13.4. The van der Waals surface area contributed by atoms with Crippen LogP contribution in [0.4, 0.5) is 0 Å². The Morgan fingerprint density at radius 2 is 1.67 bits per heavy atom. The van der Waals surface area contributed by atoms with E-state index in [0.29, 0.717) is 27.6 Å².